The Morgan fingerprint density at radius 1 is 1.19 bits per heavy atom. The lowest BCUT2D eigenvalue weighted by Crippen LogP contribution is -2.48. The molecule has 6 nitrogen and oxygen atoms in total. The zero-order valence-electron chi connectivity index (χ0n) is 19.3. The molecule has 0 bridgehead atoms. The summed E-state index contributed by atoms with van der Waals surface area (Å²) in [6, 6.07) is 7.19. The molecule has 1 amide bonds. The molecule has 170 valence electrons. The zero-order valence-corrected chi connectivity index (χ0v) is 20.1. The third-order valence-corrected chi connectivity index (χ3v) is 6.11. The number of nitrogens with one attached hydrogen (secondary N) is 2. The van der Waals surface area contributed by atoms with E-state index in [4.69, 9.17) is 17.0 Å². The minimum Gasteiger partial charge on any atom is -0.466 e. The number of nitrogens with zero attached hydrogens (tertiary/aromatic N) is 1. The Hall–Kier alpha value is -2.41. The Morgan fingerprint density at radius 2 is 1.87 bits per heavy atom. The number of allylic oxidation sites excluding steroid dienone is 1. The molecule has 0 saturated carbocycles. The summed E-state index contributed by atoms with van der Waals surface area (Å²) in [6.45, 7) is 8.86. The van der Waals surface area contributed by atoms with Gasteiger partial charge in [0, 0.05) is 23.8 Å². The van der Waals surface area contributed by atoms with Gasteiger partial charge in [0.2, 0.25) is 5.91 Å². The van der Waals surface area contributed by atoms with Gasteiger partial charge in [-0.15, -0.1) is 0 Å². The second-order valence-electron chi connectivity index (χ2n) is 7.69. The maximum absolute atomic E-state index is 12.6. The van der Waals surface area contributed by atoms with Gasteiger partial charge in [-0.1, -0.05) is 45.7 Å². The van der Waals surface area contributed by atoms with E-state index in [-0.39, 0.29) is 17.8 Å². The summed E-state index contributed by atoms with van der Waals surface area (Å²) in [7, 11) is 1.39. The summed E-state index contributed by atoms with van der Waals surface area (Å²) in [5.41, 5.74) is 3.09. The van der Waals surface area contributed by atoms with Crippen LogP contribution in [0.2, 0.25) is 0 Å². The van der Waals surface area contributed by atoms with E-state index in [1.165, 1.54) is 7.11 Å². The van der Waals surface area contributed by atoms with E-state index in [0.717, 1.165) is 42.6 Å². The van der Waals surface area contributed by atoms with E-state index in [0.29, 0.717) is 23.7 Å². The van der Waals surface area contributed by atoms with Crippen LogP contribution in [0.5, 0.6) is 0 Å². The Morgan fingerprint density at radius 3 is 2.39 bits per heavy atom. The maximum atomic E-state index is 12.6. The van der Waals surface area contributed by atoms with Crippen molar-refractivity contribution in [3.63, 3.8) is 0 Å². The second kappa shape index (κ2) is 11.8. The molecule has 0 unspecified atom stereocenters. The highest BCUT2D eigenvalue weighted by molar-refractivity contribution is 7.80. The van der Waals surface area contributed by atoms with E-state index in [9.17, 15) is 9.59 Å². The van der Waals surface area contributed by atoms with Gasteiger partial charge in [-0.05, 0) is 56.1 Å². The molecule has 0 saturated heterocycles. The predicted octanol–water partition coefficient (Wildman–Crippen LogP) is 4.93. The van der Waals surface area contributed by atoms with E-state index in [1.807, 2.05) is 49.9 Å². The molecule has 1 aromatic carbocycles. The highest BCUT2D eigenvalue weighted by Gasteiger charge is 2.35. The molecule has 2 N–H and O–H groups in total. The summed E-state index contributed by atoms with van der Waals surface area (Å²) >= 11 is 5.55. The molecular weight excluding hydrogens is 410 g/mol. The first-order chi connectivity index (χ1) is 14.9. The second-order valence-corrected chi connectivity index (χ2v) is 8.08. The standard InChI is InChI=1S/C24H35N3O3S/c1-6-10-11-16(7-2)22(28)25-18-14-12-17(13-15-18)21-20(23(29)30-5)19(8-3)27(9-4)24(31)26-21/h12-16,21H,6-11H2,1-5H3,(H,25,28)(H,26,31)/t16-,21+/m1/s1. The molecule has 0 aromatic heterocycles. The van der Waals surface area contributed by atoms with Gasteiger partial charge in [0.15, 0.2) is 5.11 Å². The zero-order chi connectivity index (χ0) is 23.0. The van der Waals surface area contributed by atoms with Crippen molar-refractivity contribution in [2.75, 3.05) is 19.0 Å². The van der Waals surface area contributed by atoms with Crippen molar-refractivity contribution in [3.05, 3.63) is 41.1 Å². The van der Waals surface area contributed by atoms with Crippen LogP contribution in [-0.4, -0.2) is 35.5 Å². The van der Waals surface area contributed by atoms with Gasteiger partial charge in [0.1, 0.15) is 0 Å². The summed E-state index contributed by atoms with van der Waals surface area (Å²) in [6.07, 6.45) is 4.53. The summed E-state index contributed by atoms with van der Waals surface area (Å²) in [5.74, 6) is -0.282. The number of hydrogen-bond acceptors (Lipinski definition) is 4. The molecule has 1 aliphatic heterocycles. The Balaban J connectivity index is 2.28. The first-order valence-electron chi connectivity index (χ1n) is 11.2. The van der Waals surface area contributed by atoms with Crippen LogP contribution in [0.25, 0.3) is 0 Å². The van der Waals surface area contributed by atoms with Crippen LogP contribution >= 0.6 is 12.2 Å². The van der Waals surface area contributed by atoms with Gasteiger partial charge in [-0.2, -0.15) is 0 Å². The van der Waals surface area contributed by atoms with Crippen LogP contribution in [0.1, 0.15) is 71.4 Å². The molecule has 1 aromatic rings. The van der Waals surface area contributed by atoms with Crippen molar-refractivity contribution in [2.24, 2.45) is 5.92 Å². The number of thiocarbonyl (C=S) groups is 1. The number of benzene rings is 1. The van der Waals surface area contributed by atoms with Crippen LogP contribution in [0.15, 0.2) is 35.5 Å². The van der Waals surface area contributed by atoms with Gasteiger partial charge in [-0.3, -0.25) is 4.79 Å². The first kappa shape index (κ1) is 24.9. The minimum absolute atomic E-state index is 0.0259. The fraction of sp³-hybridized carbons (Fsp3) is 0.542. The summed E-state index contributed by atoms with van der Waals surface area (Å²) in [4.78, 5) is 27.2. The van der Waals surface area contributed by atoms with Gasteiger partial charge in [0.25, 0.3) is 0 Å². The first-order valence-corrected chi connectivity index (χ1v) is 11.6. The van der Waals surface area contributed by atoms with E-state index in [2.05, 4.69) is 17.6 Å². The Kier molecular flexibility index (Phi) is 9.49. The monoisotopic (exact) mass is 445 g/mol. The number of carbonyl (C=O) groups excluding carboxylic acids is 2. The lowest BCUT2D eigenvalue weighted by molar-refractivity contribution is -0.136. The Bertz CT molecular complexity index is 820. The average Bonchev–Trinajstić information content (AvgIpc) is 2.78. The lowest BCUT2D eigenvalue weighted by atomic mass is 9.93. The number of unbranched alkanes of at least 4 members (excludes halogenated alkanes) is 1. The summed E-state index contributed by atoms with van der Waals surface area (Å²) < 4.78 is 5.09. The molecule has 0 spiro atoms. The minimum atomic E-state index is -0.393. The number of carbonyl (C=O) groups is 2. The fourth-order valence-electron chi connectivity index (χ4n) is 3.99. The molecular formula is C24H35N3O3S. The quantitative estimate of drug-likeness (QED) is 0.393. The van der Waals surface area contributed by atoms with Crippen molar-refractivity contribution < 1.29 is 14.3 Å². The number of amides is 1. The van der Waals surface area contributed by atoms with Gasteiger partial charge >= 0.3 is 5.97 Å². The van der Waals surface area contributed by atoms with Crippen LogP contribution in [-0.2, 0) is 14.3 Å². The number of rotatable bonds is 10. The average molecular weight is 446 g/mol. The van der Waals surface area contributed by atoms with Crippen LogP contribution in [0.3, 0.4) is 0 Å². The SMILES string of the molecule is CCCC[C@@H](CC)C(=O)Nc1ccc([C@@H]2NC(=S)N(CC)C(CC)=C2C(=O)OC)cc1. The molecule has 2 atom stereocenters. The highest BCUT2D eigenvalue weighted by Crippen LogP contribution is 2.33. The number of esters is 1. The summed E-state index contributed by atoms with van der Waals surface area (Å²) in [5, 5.41) is 6.90. The molecule has 1 heterocycles. The molecule has 2 rings (SSSR count). The third kappa shape index (κ3) is 5.85. The third-order valence-electron chi connectivity index (χ3n) is 5.78. The smallest absolute Gasteiger partial charge is 0.337 e. The van der Waals surface area contributed by atoms with Gasteiger partial charge in [0.05, 0.1) is 18.7 Å². The highest BCUT2D eigenvalue weighted by atomic mass is 32.1. The predicted molar refractivity (Wildman–Crippen MR) is 129 cm³/mol. The van der Waals surface area contributed by atoms with Crippen LogP contribution in [0.4, 0.5) is 5.69 Å². The van der Waals surface area contributed by atoms with E-state index >= 15 is 0 Å². The van der Waals surface area contributed by atoms with Crippen molar-refractivity contribution in [2.45, 2.75) is 65.8 Å². The molecule has 1 aliphatic rings. The molecule has 0 aliphatic carbocycles. The molecule has 0 radical (unpaired) electrons. The van der Waals surface area contributed by atoms with E-state index in [1.54, 1.807) is 0 Å². The van der Waals surface area contributed by atoms with Gasteiger partial charge < -0.3 is 20.3 Å². The van der Waals surface area contributed by atoms with Crippen molar-refractivity contribution in [1.29, 1.82) is 0 Å². The fourth-order valence-corrected chi connectivity index (χ4v) is 4.35. The molecule has 7 heteroatoms. The topological polar surface area (TPSA) is 70.7 Å². The van der Waals surface area contributed by atoms with Crippen molar-refractivity contribution >= 4 is 34.9 Å². The normalized spacial score (nSPS) is 17.3. The van der Waals surface area contributed by atoms with Crippen LogP contribution < -0.4 is 10.6 Å². The van der Waals surface area contributed by atoms with Crippen molar-refractivity contribution in [1.82, 2.24) is 10.2 Å². The van der Waals surface area contributed by atoms with E-state index < -0.39 is 6.04 Å². The number of methoxy groups -OCH3 is 1. The maximum Gasteiger partial charge on any atom is 0.337 e. The van der Waals surface area contributed by atoms with Crippen LogP contribution in [0, 0.1) is 5.92 Å². The number of hydrogen-bond donors (Lipinski definition) is 2. The number of ether oxygens (including phenoxy) is 1. The number of anilines is 1. The lowest BCUT2D eigenvalue weighted by Gasteiger charge is -2.38. The largest absolute Gasteiger partial charge is 0.466 e. The Labute approximate surface area is 191 Å². The molecule has 0 fully saturated rings. The molecule has 31 heavy (non-hydrogen) atoms. The van der Waals surface area contributed by atoms with Gasteiger partial charge in [-0.25, -0.2) is 4.79 Å². The van der Waals surface area contributed by atoms with Crippen molar-refractivity contribution in [3.8, 4) is 0 Å².